The summed E-state index contributed by atoms with van der Waals surface area (Å²) in [5, 5.41) is 0. The van der Waals surface area contributed by atoms with Crippen molar-refractivity contribution in [3.05, 3.63) is 48.4 Å². The zero-order valence-corrected chi connectivity index (χ0v) is 9.46. The van der Waals surface area contributed by atoms with E-state index >= 15 is 0 Å². The normalized spacial score (nSPS) is 10.9. The Morgan fingerprint density at radius 1 is 1.24 bits per heavy atom. The zero-order valence-electron chi connectivity index (χ0n) is 9.46. The van der Waals surface area contributed by atoms with Crippen molar-refractivity contribution in [3.8, 4) is 11.3 Å². The molecular weight excluding hydrogens is 212 g/mol. The summed E-state index contributed by atoms with van der Waals surface area (Å²) in [4.78, 5) is 8.17. The van der Waals surface area contributed by atoms with Crippen molar-refractivity contribution in [1.82, 2.24) is 14.4 Å². The third-order valence-electron chi connectivity index (χ3n) is 2.82. The molecule has 2 N–H and O–H groups in total. The van der Waals surface area contributed by atoms with E-state index in [0.29, 0.717) is 5.95 Å². The molecule has 0 amide bonds. The molecule has 84 valence electrons. The number of rotatable bonds is 1. The molecule has 0 spiro atoms. The predicted molar refractivity (Wildman–Crippen MR) is 67.6 cm³/mol. The van der Waals surface area contributed by atoms with E-state index in [1.165, 1.54) is 5.69 Å². The molecule has 0 aliphatic rings. The summed E-state index contributed by atoms with van der Waals surface area (Å²) >= 11 is 0. The average molecular weight is 224 g/mol. The fraction of sp³-hybridized carbons (Fsp3) is 0.0769. The Bertz CT molecular complexity index is 685. The third kappa shape index (κ3) is 1.54. The highest BCUT2D eigenvalue weighted by molar-refractivity contribution is 5.80. The molecule has 0 aromatic carbocycles. The van der Waals surface area contributed by atoms with Crippen molar-refractivity contribution >= 4 is 11.5 Å². The van der Waals surface area contributed by atoms with Crippen LogP contribution in [0.1, 0.15) is 5.69 Å². The minimum atomic E-state index is 0.301. The van der Waals surface area contributed by atoms with E-state index in [1.54, 1.807) is 6.20 Å². The van der Waals surface area contributed by atoms with Gasteiger partial charge in [0.25, 0.3) is 0 Å². The third-order valence-corrected chi connectivity index (χ3v) is 2.82. The number of anilines is 1. The van der Waals surface area contributed by atoms with Crippen LogP contribution < -0.4 is 5.73 Å². The first kappa shape index (κ1) is 9.84. The molecule has 0 saturated carbocycles. The molecule has 4 heteroatoms. The van der Waals surface area contributed by atoms with Gasteiger partial charge in [0, 0.05) is 23.7 Å². The summed E-state index contributed by atoms with van der Waals surface area (Å²) in [7, 11) is 0. The van der Waals surface area contributed by atoms with Crippen LogP contribution in [0.3, 0.4) is 0 Å². The number of nitrogen functional groups attached to an aromatic ring is 1. The van der Waals surface area contributed by atoms with Crippen molar-refractivity contribution in [2.45, 2.75) is 6.92 Å². The van der Waals surface area contributed by atoms with E-state index in [2.05, 4.69) is 33.4 Å². The minimum absolute atomic E-state index is 0.301. The first-order chi connectivity index (χ1) is 8.25. The van der Waals surface area contributed by atoms with E-state index < -0.39 is 0 Å². The number of hydrogen-bond donors (Lipinski definition) is 1. The number of fused-ring (bicyclic) bond motifs is 1. The van der Waals surface area contributed by atoms with E-state index in [0.717, 1.165) is 16.8 Å². The molecule has 0 atom stereocenters. The van der Waals surface area contributed by atoms with Gasteiger partial charge in [-0.05, 0) is 31.2 Å². The van der Waals surface area contributed by atoms with Gasteiger partial charge in [0.05, 0.1) is 11.2 Å². The van der Waals surface area contributed by atoms with Crippen molar-refractivity contribution < 1.29 is 0 Å². The first-order valence-corrected chi connectivity index (χ1v) is 5.41. The number of aryl methyl sites for hydroxylation is 1. The van der Waals surface area contributed by atoms with Crippen molar-refractivity contribution in [3.63, 3.8) is 0 Å². The minimum Gasteiger partial charge on any atom is -0.368 e. The number of aromatic nitrogens is 3. The standard InChI is InChI=1S/C13H12N4/c1-9-8-10(11-5-6-15-13(14)16-11)12-4-2-3-7-17(9)12/h2-8H,1H3,(H2,14,15,16). The highest BCUT2D eigenvalue weighted by Gasteiger charge is 2.09. The maximum absolute atomic E-state index is 5.62. The van der Waals surface area contributed by atoms with E-state index in [9.17, 15) is 0 Å². The molecule has 3 aromatic heterocycles. The highest BCUT2D eigenvalue weighted by Crippen LogP contribution is 2.26. The van der Waals surface area contributed by atoms with Crippen molar-refractivity contribution in [2.75, 3.05) is 5.73 Å². The molecule has 0 radical (unpaired) electrons. The Morgan fingerprint density at radius 2 is 2.12 bits per heavy atom. The summed E-state index contributed by atoms with van der Waals surface area (Å²) < 4.78 is 2.13. The lowest BCUT2D eigenvalue weighted by Crippen LogP contribution is -1.94. The van der Waals surface area contributed by atoms with Gasteiger partial charge in [-0.1, -0.05) is 6.07 Å². The van der Waals surface area contributed by atoms with Crippen LogP contribution in [0.4, 0.5) is 5.95 Å². The number of hydrogen-bond acceptors (Lipinski definition) is 3. The van der Waals surface area contributed by atoms with Gasteiger partial charge >= 0.3 is 0 Å². The fourth-order valence-electron chi connectivity index (χ4n) is 2.05. The lowest BCUT2D eigenvalue weighted by molar-refractivity contribution is 1.11. The van der Waals surface area contributed by atoms with Crippen LogP contribution >= 0.6 is 0 Å². The maximum atomic E-state index is 5.62. The van der Waals surface area contributed by atoms with Crippen LogP contribution in [0.5, 0.6) is 0 Å². The molecular formula is C13H12N4. The fourth-order valence-corrected chi connectivity index (χ4v) is 2.05. The van der Waals surface area contributed by atoms with Gasteiger partial charge in [-0.3, -0.25) is 0 Å². The average Bonchev–Trinajstić information content (AvgIpc) is 2.68. The topological polar surface area (TPSA) is 56.2 Å². The van der Waals surface area contributed by atoms with Crippen LogP contribution in [-0.2, 0) is 0 Å². The molecule has 0 aliphatic carbocycles. The molecule has 0 bridgehead atoms. The molecule has 0 unspecified atom stereocenters. The molecule has 0 aliphatic heterocycles. The number of pyridine rings is 1. The molecule has 0 fully saturated rings. The Labute approximate surface area is 98.8 Å². The molecule has 4 nitrogen and oxygen atoms in total. The molecule has 3 heterocycles. The lowest BCUT2D eigenvalue weighted by atomic mass is 10.2. The number of nitrogens with zero attached hydrogens (tertiary/aromatic N) is 3. The highest BCUT2D eigenvalue weighted by atomic mass is 15.0. The van der Waals surface area contributed by atoms with Gasteiger partial charge in [-0.25, -0.2) is 9.97 Å². The van der Waals surface area contributed by atoms with Crippen LogP contribution in [0.2, 0.25) is 0 Å². The summed E-state index contributed by atoms with van der Waals surface area (Å²) in [6.07, 6.45) is 3.72. The van der Waals surface area contributed by atoms with Gasteiger partial charge in [0.15, 0.2) is 0 Å². The van der Waals surface area contributed by atoms with Crippen LogP contribution in [0.25, 0.3) is 16.8 Å². The van der Waals surface area contributed by atoms with Crippen LogP contribution in [0.15, 0.2) is 42.7 Å². The van der Waals surface area contributed by atoms with Gasteiger partial charge in [0.2, 0.25) is 5.95 Å². The summed E-state index contributed by atoms with van der Waals surface area (Å²) in [5.74, 6) is 0.301. The Morgan fingerprint density at radius 3 is 2.94 bits per heavy atom. The van der Waals surface area contributed by atoms with Crippen molar-refractivity contribution in [1.29, 1.82) is 0 Å². The van der Waals surface area contributed by atoms with Crippen molar-refractivity contribution in [2.24, 2.45) is 0 Å². The zero-order chi connectivity index (χ0) is 11.8. The van der Waals surface area contributed by atoms with Gasteiger partial charge in [0.1, 0.15) is 0 Å². The molecule has 3 rings (SSSR count). The Kier molecular flexibility index (Phi) is 2.08. The summed E-state index contributed by atoms with van der Waals surface area (Å²) in [6.45, 7) is 2.07. The Hall–Kier alpha value is -2.36. The van der Waals surface area contributed by atoms with E-state index in [4.69, 9.17) is 5.73 Å². The quantitative estimate of drug-likeness (QED) is 0.690. The predicted octanol–water partition coefficient (Wildman–Crippen LogP) is 2.29. The summed E-state index contributed by atoms with van der Waals surface area (Å²) in [6, 6.07) is 10.1. The second-order valence-corrected chi connectivity index (χ2v) is 3.96. The molecule has 0 saturated heterocycles. The van der Waals surface area contributed by atoms with Gasteiger partial charge < -0.3 is 10.1 Å². The van der Waals surface area contributed by atoms with Crippen LogP contribution in [0, 0.1) is 6.92 Å². The first-order valence-electron chi connectivity index (χ1n) is 5.41. The smallest absolute Gasteiger partial charge is 0.220 e. The van der Waals surface area contributed by atoms with E-state index in [-0.39, 0.29) is 0 Å². The molecule has 17 heavy (non-hydrogen) atoms. The maximum Gasteiger partial charge on any atom is 0.220 e. The Balaban J connectivity index is 2.31. The number of nitrogens with two attached hydrogens (primary N) is 1. The van der Waals surface area contributed by atoms with Gasteiger partial charge in [-0.2, -0.15) is 0 Å². The SMILES string of the molecule is Cc1cc(-c2ccnc(N)n2)c2ccccn12. The second-order valence-electron chi connectivity index (χ2n) is 3.96. The van der Waals surface area contributed by atoms with Crippen LogP contribution in [-0.4, -0.2) is 14.4 Å². The summed E-state index contributed by atoms with van der Waals surface area (Å²) in [5.41, 5.74) is 9.86. The second kappa shape index (κ2) is 3.59. The lowest BCUT2D eigenvalue weighted by Gasteiger charge is -2.00. The monoisotopic (exact) mass is 224 g/mol. The molecule has 3 aromatic rings. The largest absolute Gasteiger partial charge is 0.368 e. The van der Waals surface area contributed by atoms with Gasteiger partial charge in [-0.15, -0.1) is 0 Å². The van der Waals surface area contributed by atoms with E-state index in [1.807, 2.05) is 24.4 Å².